The maximum Gasteiger partial charge on any atom is 0.573 e. The Balaban J connectivity index is 1.16. The number of amides is 3. The van der Waals surface area contributed by atoms with Crippen LogP contribution < -0.4 is 15.0 Å². The number of rotatable bonds is 8. The molecular weight excluding hydrogens is 593 g/mol. The first kappa shape index (κ1) is 30.8. The summed E-state index contributed by atoms with van der Waals surface area (Å²) in [5.74, 6) is 0.258. The second-order valence-electron chi connectivity index (χ2n) is 10.2. The van der Waals surface area contributed by atoms with Gasteiger partial charge in [0, 0.05) is 12.1 Å². The molecule has 3 amide bonds. The van der Waals surface area contributed by atoms with Crippen molar-refractivity contribution in [1.82, 2.24) is 20.1 Å². The number of urea groups is 1. The first-order valence-electron chi connectivity index (χ1n) is 13.7. The number of halogens is 3. The van der Waals surface area contributed by atoms with Gasteiger partial charge >= 0.3 is 12.4 Å². The molecule has 228 valence electrons. The first-order valence-corrected chi connectivity index (χ1v) is 14.7. The van der Waals surface area contributed by atoms with Crippen LogP contribution in [0.2, 0.25) is 0 Å². The molecule has 0 aliphatic carbocycles. The van der Waals surface area contributed by atoms with Crippen LogP contribution >= 0.6 is 11.8 Å². The van der Waals surface area contributed by atoms with Crippen LogP contribution in [0.4, 0.5) is 23.7 Å². The van der Waals surface area contributed by atoms with E-state index in [-0.39, 0.29) is 17.4 Å². The lowest BCUT2D eigenvalue weighted by Gasteiger charge is -2.21. The summed E-state index contributed by atoms with van der Waals surface area (Å²) in [4.78, 5) is 35.4. The topological polar surface area (TPSA) is 102 Å². The Morgan fingerprint density at radius 3 is 2.50 bits per heavy atom. The number of carbonyl (C=O) groups excluding carboxylic acids is 2. The molecule has 0 bridgehead atoms. The summed E-state index contributed by atoms with van der Waals surface area (Å²) >= 11 is 1.25. The first-order chi connectivity index (χ1) is 21.0. The van der Waals surface area contributed by atoms with Gasteiger partial charge in [0.25, 0.3) is 0 Å². The quantitative estimate of drug-likeness (QED) is 0.224. The van der Waals surface area contributed by atoms with E-state index in [0.29, 0.717) is 36.1 Å². The maximum atomic E-state index is 12.7. The second kappa shape index (κ2) is 12.9. The summed E-state index contributed by atoms with van der Waals surface area (Å²) in [6, 6.07) is 16.5. The lowest BCUT2D eigenvalue weighted by atomic mass is 10.0. The summed E-state index contributed by atoms with van der Waals surface area (Å²) < 4.78 is 42.6. The van der Waals surface area contributed by atoms with E-state index in [1.807, 2.05) is 57.2 Å². The van der Waals surface area contributed by atoms with Gasteiger partial charge in [-0.05, 0) is 80.6 Å². The van der Waals surface area contributed by atoms with Gasteiger partial charge in [-0.15, -0.1) is 18.3 Å². The molecule has 0 radical (unpaired) electrons. The van der Waals surface area contributed by atoms with E-state index in [1.165, 1.54) is 51.9 Å². The predicted octanol–water partition coefficient (Wildman–Crippen LogP) is 6.54. The van der Waals surface area contributed by atoms with Crippen molar-refractivity contribution in [2.75, 3.05) is 17.2 Å². The van der Waals surface area contributed by atoms with Gasteiger partial charge < -0.3 is 10.1 Å². The van der Waals surface area contributed by atoms with Crippen molar-refractivity contribution in [1.29, 1.82) is 0 Å². The molecule has 0 spiro atoms. The molecule has 44 heavy (non-hydrogen) atoms. The Kier molecular flexibility index (Phi) is 9.04. The van der Waals surface area contributed by atoms with Gasteiger partial charge in [0.1, 0.15) is 12.1 Å². The molecule has 1 aliphatic heterocycles. The predicted molar refractivity (Wildman–Crippen MR) is 163 cm³/mol. The van der Waals surface area contributed by atoms with Gasteiger partial charge in [0.15, 0.2) is 11.0 Å². The van der Waals surface area contributed by atoms with Gasteiger partial charge in [-0.1, -0.05) is 47.7 Å². The molecule has 0 unspecified atom stereocenters. The van der Waals surface area contributed by atoms with E-state index in [4.69, 9.17) is 0 Å². The zero-order valence-electron chi connectivity index (χ0n) is 24.2. The summed E-state index contributed by atoms with van der Waals surface area (Å²) in [5, 5.41) is 7.63. The number of hydrogen-bond donors (Lipinski definition) is 1. The molecule has 1 aliphatic rings. The Morgan fingerprint density at radius 2 is 1.80 bits per heavy atom. The highest BCUT2D eigenvalue weighted by atomic mass is 32.2. The highest BCUT2D eigenvalue weighted by molar-refractivity contribution is 8.15. The number of ether oxygens (including phenoxy) is 1. The number of alkyl halides is 3. The van der Waals surface area contributed by atoms with Crippen LogP contribution in [0.15, 0.2) is 72.0 Å². The van der Waals surface area contributed by atoms with Gasteiger partial charge in [0.2, 0.25) is 5.91 Å². The monoisotopic (exact) mass is 622 g/mol. The summed E-state index contributed by atoms with van der Waals surface area (Å²) in [6.45, 7) is 6.28. The number of thioether (sulfide) groups is 1. The Labute approximate surface area is 256 Å². The van der Waals surface area contributed by atoms with Gasteiger partial charge in [-0.2, -0.15) is 4.99 Å². The number of hydrogen-bond acceptors (Lipinski definition) is 6. The average Bonchev–Trinajstić information content (AvgIpc) is 3.58. The third-order valence-electron chi connectivity index (χ3n) is 6.75. The van der Waals surface area contributed by atoms with E-state index in [1.54, 1.807) is 0 Å². The summed E-state index contributed by atoms with van der Waals surface area (Å²) in [6.07, 6.45) is -1.95. The Morgan fingerprint density at radius 1 is 1.07 bits per heavy atom. The van der Waals surface area contributed by atoms with Crippen LogP contribution in [-0.4, -0.2) is 50.5 Å². The number of amidine groups is 1. The molecule has 3 aromatic carbocycles. The van der Waals surface area contributed by atoms with E-state index in [2.05, 4.69) is 25.1 Å². The largest absolute Gasteiger partial charge is 0.573 e. The number of anilines is 1. The number of aliphatic imine (C=N–C) groups is 1. The number of aromatic nitrogens is 3. The van der Waals surface area contributed by atoms with E-state index >= 15 is 0 Å². The molecule has 5 rings (SSSR count). The van der Waals surface area contributed by atoms with E-state index in [0.717, 1.165) is 33.5 Å². The number of carbonyl (C=O) groups is 2. The highest BCUT2D eigenvalue weighted by Crippen LogP contribution is 2.33. The summed E-state index contributed by atoms with van der Waals surface area (Å²) in [5.41, 5.74) is 6.09. The van der Waals surface area contributed by atoms with Crippen LogP contribution in [0, 0.1) is 20.8 Å². The van der Waals surface area contributed by atoms with Gasteiger partial charge in [0.05, 0.1) is 17.1 Å². The fraction of sp³-hybridized carbons (Fsp3) is 0.258. The molecule has 2 heterocycles. The van der Waals surface area contributed by atoms with Crippen molar-refractivity contribution in [3.8, 4) is 22.8 Å². The minimum absolute atomic E-state index is 0.107. The lowest BCUT2D eigenvalue weighted by Crippen LogP contribution is -2.32. The standard InChI is InChI=1S/C31H29F3N6O3S/c1-19-14-20(2)27(21(3)15-19)40-26(41)17-44-30(40)37-29(42)35-13-5-7-22-6-4-8-23(16-22)28-36-18-39(38-28)24-9-11-25(12-10-24)43-31(32,33)34/h4,6,8-12,14-16,18H,5,7,13,17H2,1-3H3,(H,35,42). The van der Waals surface area contributed by atoms with Crippen LogP contribution in [0.1, 0.15) is 28.7 Å². The van der Waals surface area contributed by atoms with Crippen molar-refractivity contribution in [3.05, 3.63) is 89.2 Å². The third-order valence-corrected chi connectivity index (χ3v) is 7.68. The normalized spacial score (nSPS) is 14.4. The molecule has 1 aromatic heterocycles. The minimum atomic E-state index is -4.76. The third kappa shape index (κ3) is 7.46. The smallest absolute Gasteiger partial charge is 0.406 e. The van der Waals surface area contributed by atoms with Crippen molar-refractivity contribution in [2.45, 2.75) is 40.0 Å². The number of aryl methyl sites for hydroxylation is 4. The highest BCUT2D eigenvalue weighted by Gasteiger charge is 2.33. The molecule has 0 atom stereocenters. The fourth-order valence-corrected chi connectivity index (χ4v) is 5.84. The van der Waals surface area contributed by atoms with Crippen molar-refractivity contribution in [3.63, 3.8) is 0 Å². The Hall–Kier alpha value is -4.65. The van der Waals surface area contributed by atoms with Crippen molar-refractivity contribution >= 4 is 34.6 Å². The zero-order valence-corrected chi connectivity index (χ0v) is 25.0. The maximum absolute atomic E-state index is 12.7. The number of nitrogens with zero attached hydrogens (tertiary/aromatic N) is 5. The fourth-order valence-electron chi connectivity index (χ4n) is 4.99. The van der Waals surface area contributed by atoms with Crippen LogP contribution in [0.25, 0.3) is 17.1 Å². The molecule has 0 saturated carbocycles. The number of nitrogens with one attached hydrogen (secondary N) is 1. The van der Waals surface area contributed by atoms with Crippen LogP contribution in [0.3, 0.4) is 0 Å². The molecule has 9 nitrogen and oxygen atoms in total. The molecular formula is C31H29F3N6O3S. The molecule has 1 saturated heterocycles. The number of benzene rings is 3. The van der Waals surface area contributed by atoms with Gasteiger partial charge in [-0.3, -0.25) is 9.69 Å². The van der Waals surface area contributed by atoms with Crippen LogP contribution in [0.5, 0.6) is 5.75 Å². The van der Waals surface area contributed by atoms with E-state index in [9.17, 15) is 22.8 Å². The molecule has 1 fully saturated rings. The Bertz CT molecular complexity index is 1700. The van der Waals surface area contributed by atoms with Gasteiger partial charge in [-0.25, -0.2) is 14.5 Å². The molecule has 13 heteroatoms. The molecule has 1 N–H and O–H groups in total. The SMILES string of the molecule is Cc1cc(C)c(N2C(=O)CSC2=NC(=O)NCCCc2cccc(-c3ncn(-c4ccc(OC(F)(F)F)cc4)n3)c2)c(C)c1. The zero-order chi connectivity index (χ0) is 31.4. The van der Waals surface area contributed by atoms with Crippen molar-refractivity contribution in [2.24, 2.45) is 4.99 Å². The summed E-state index contributed by atoms with van der Waals surface area (Å²) in [7, 11) is 0. The van der Waals surface area contributed by atoms with E-state index < -0.39 is 12.4 Å². The second-order valence-corrected chi connectivity index (χ2v) is 11.2. The lowest BCUT2D eigenvalue weighted by molar-refractivity contribution is -0.274. The molecule has 4 aromatic rings. The minimum Gasteiger partial charge on any atom is -0.406 e. The van der Waals surface area contributed by atoms with Crippen molar-refractivity contribution < 1.29 is 27.5 Å². The van der Waals surface area contributed by atoms with Crippen LogP contribution in [-0.2, 0) is 11.2 Å². The average molecular weight is 623 g/mol.